The number of aromatic nitrogens is 2. The summed E-state index contributed by atoms with van der Waals surface area (Å²) in [5.41, 5.74) is 1.76. The number of hydrogen-bond donors (Lipinski definition) is 0. The number of benzene rings is 2. The number of amides is 1. The van der Waals surface area contributed by atoms with Crippen molar-refractivity contribution in [1.29, 1.82) is 0 Å². The largest absolute Gasteiger partial charge is 0.493 e. The van der Waals surface area contributed by atoms with Gasteiger partial charge in [0.15, 0.2) is 0 Å². The molecular weight excluding hydrogens is 428 g/mol. The molecule has 0 bridgehead atoms. The van der Waals surface area contributed by atoms with E-state index in [2.05, 4.69) is 15.0 Å². The van der Waals surface area contributed by atoms with Gasteiger partial charge in [-0.3, -0.25) is 9.69 Å². The number of carbonyl (C=O) groups is 1. The standard InChI is InChI=1S/C24H25ClN4O3/c1-2-31-21-6-4-3-5-18(21)9-12-23(30)29-15-13-28(14-16-29)17-22-26-24(27-32-22)19-7-10-20(25)11-8-19/h3-12H,2,13-17H2,1H3/b12-9+. The Balaban J connectivity index is 1.29. The van der Waals surface area contributed by atoms with Crippen molar-refractivity contribution in [1.82, 2.24) is 19.9 Å². The van der Waals surface area contributed by atoms with E-state index in [9.17, 15) is 4.79 Å². The first-order valence-electron chi connectivity index (χ1n) is 10.6. The molecule has 1 fully saturated rings. The third kappa shape index (κ3) is 5.55. The van der Waals surface area contributed by atoms with Crippen molar-refractivity contribution < 1.29 is 14.1 Å². The molecule has 1 aliphatic heterocycles. The molecule has 0 spiro atoms. The van der Waals surface area contributed by atoms with E-state index in [1.165, 1.54) is 0 Å². The Morgan fingerprint density at radius 3 is 2.62 bits per heavy atom. The number of para-hydroxylation sites is 1. The van der Waals surface area contributed by atoms with Crippen molar-refractivity contribution in [3.8, 4) is 17.1 Å². The molecule has 7 nitrogen and oxygen atoms in total. The lowest BCUT2D eigenvalue weighted by molar-refractivity contribution is -0.127. The molecule has 1 aromatic heterocycles. The minimum absolute atomic E-state index is 0.00114. The Bertz CT molecular complexity index is 1070. The first-order valence-corrected chi connectivity index (χ1v) is 11.0. The van der Waals surface area contributed by atoms with Gasteiger partial charge in [-0.05, 0) is 43.3 Å². The molecule has 4 rings (SSSR count). The molecule has 1 saturated heterocycles. The van der Waals surface area contributed by atoms with Crippen LogP contribution in [0.1, 0.15) is 18.4 Å². The van der Waals surface area contributed by atoms with Crippen LogP contribution in [0.15, 0.2) is 59.1 Å². The van der Waals surface area contributed by atoms with E-state index in [0.717, 1.165) is 30.0 Å². The molecule has 2 aromatic carbocycles. The maximum Gasteiger partial charge on any atom is 0.246 e. The average molecular weight is 453 g/mol. The zero-order valence-corrected chi connectivity index (χ0v) is 18.7. The Kier molecular flexibility index (Phi) is 7.19. The van der Waals surface area contributed by atoms with E-state index in [4.69, 9.17) is 20.9 Å². The Hall–Kier alpha value is -3.16. The third-order valence-electron chi connectivity index (χ3n) is 5.24. The normalized spacial score (nSPS) is 14.8. The molecule has 166 valence electrons. The van der Waals surface area contributed by atoms with E-state index >= 15 is 0 Å². The molecule has 0 saturated carbocycles. The van der Waals surface area contributed by atoms with Gasteiger partial charge < -0.3 is 14.2 Å². The zero-order chi connectivity index (χ0) is 22.3. The van der Waals surface area contributed by atoms with Crippen LogP contribution in [0.5, 0.6) is 5.75 Å². The van der Waals surface area contributed by atoms with Crippen LogP contribution in [0, 0.1) is 0 Å². The van der Waals surface area contributed by atoms with Crippen molar-refractivity contribution in [3.63, 3.8) is 0 Å². The molecule has 0 unspecified atom stereocenters. The molecule has 0 aliphatic carbocycles. The van der Waals surface area contributed by atoms with E-state index in [-0.39, 0.29) is 5.91 Å². The molecular formula is C24H25ClN4O3. The maximum absolute atomic E-state index is 12.6. The van der Waals surface area contributed by atoms with Gasteiger partial charge in [0.1, 0.15) is 5.75 Å². The number of piperazine rings is 1. The minimum Gasteiger partial charge on any atom is -0.493 e. The minimum atomic E-state index is -0.00114. The Labute approximate surface area is 192 Å². The summed E-state index contributed by atoms with van der Waals surface area (Å²) >= 11 is 5.93. The molecule has 0 atom stereocenters. The van der Waals surface area contributed by atoms with Crippen LogP contribution in [0.4, 0.5) is 0 Å². The van der Waals surface area contributed by atoms with Gasteiger partial charge >= 0.3 is 0 Å². The summed E-state index contributed by atoms with van der Waals surface area (Å²) in [6.45, 7) is 5.87. The van der Waals surface area contributed by atoms with Crippen molar-refractivity contribution in [3.05, 3.63) is 71.1 Å². The highest BCUT2D eigenvalue weighted by atomic mass is 35.5. The fourth-order valence-corrected chi connectivity index (χ4v) is 3.65. The molecule has 2 heterocycles. The molecule has 0 radical (unpaired) electrons. The van der Waals surface area contributed by atoms with Crippen LogP contribution in [0.25, 0.3) is 17.5 Å². The topological polar surface area (TPSA) is 71.7 Å². The monoisotopic (exact) mass is 452 g/mol. The maximum atomic E-state index is 12.6. The van der Waals surface area contributed by atoms with Crippen LogP contribution < -0.4 is 4.74 Å². The van der Waals surface area contributed by atoms with Crippen molar-refractivity contribution in [2.45, 2.75) is 13.5 Å². The number of ether oxygens (including phenoxy) is 1. The van der Waals surface area contributed by atoms with Crippen molar-refractivity contribution >= 4 is 23.6 Å². The summed E-state index contributed by atoms with van der Waals surface area (Å²) < 4.78 is 11.0. The second-order valence-corrected chi connectivity index (χ2v) is 7.86. The second-order valence-electron chi connectivity index (χ2n) is 7.42. The van der Waals surface area contributed by atoms with Crippen molar-refractivity contribution in [2.75, 3.05) is 32.8 Å². The van der Waals surface area contributed by atoms with E-state index in [1.54, 1.807) is 18.2 Å². The van der Waals surface area contributed by atoms with Gasteiger partial charge in [0, 0.05) is 48.4 Å². The van der Waals surface area contributed by atoms with Crippen LogP contribution in [0.2, 0.25) is 5.02 Å². The zero-order valence-electron chi connectivity index (χ0n) is 17.9. The van der Waals surface area contributed by atoms with Crippen LogP contribution in [-0.4, -0.2) is 58.6 Å². The number of hydrogen-bond acceptors (Lipinski definition) is 6. The number of halogens is 1. The summed E-state index contributed by atoms with van der Waals surface area (Å²) in [6, 6.07) is 15.0. The Morgan fingerprint density at radius 1 is 1.12 bits per heavy atom. The summed E-state index contributed by atoms with van der Waals surface area (Å²) in [5.74, 6) is 1.88. The fraction of sp³-hybridized carbons (Fsp3) is 0.292. The van der Waals surface area contributed by atoms with E-state index < -0.39 is 0 Å². The van der Waals surface area contributed by atoms with Crippen molar-refractivity contribution in [2.24, 2.45) is 0 Å². The first-order chi connectivity index (χ1) is 15.6. The average Bonchev–Trinajstić information content (AvgIpc) is 3.28. The molecule has 8 heteroatoms. The number of rotatable bonds is 7. The van der Waals surface area contributed by atoms with Gasteiger partial charge in [-0.1, -0.05) is 35.0 Å². The molecule has 0 N–H and O–H groups in total. The van der Waals surface area contributed by atoms with Gasteiger partial charge in [-0.15, -0.1) is 0 Å². The lowest BCUT2D eigenvalue weighted by Crippen LogP contribution is -2.47. The van der Waals surface area contributed by atoms with Gasteiger partial charge in [-0.2, -0.15) is 4.98 Å². The number of nitrogens with zero attached hydrogens (tertiary/aromatic N) is 4. The summed E-state index contributed by atoms with van der Waals surface area (Å²) in [5, 5.41) is 4.72. The predicted octanol–water partition coefficient (Wildman–Crippen LogP) is 4.15. The molecule has 1 aliphatic rings. The summed E-state index contributed by atoms with van der Waals surface area (Å²) in [7, 11) is 0. The number of carbonyl (C=O) groups excluding carboxylic acids is 1. The summed E-state index contributed by atoms with van der Waals surface area (Å²) in [6.07, 6.45) is 3.43. The van der Waals surface area contributed by atoms with Gasteiger partial charge in [0.25, 0.3) is 0 Å². The summed E-state index contributed by atoms with van der Waals surface area (Å²) in [4.78, 5) is 21.2. The van der Waals surface area contributed by atoms with E-state index in [1.807, 2.05) is 54.3 Å². The van der Waals surface area contributed by atoms with Gasteiger partial charge in [0.05, 0.1) is 13.2 Å². The molecule has 32 heavy (non-hydrogen) atoms. The molecule has 3 aromatic rings. The Morgan fingerprint density at radius 2 is 1.88 bits per heavy atom. The highest BCUT2D eigenvalue weighted by Crippen LogP contribution is 2.21. The molecule has 1 amide bonds. The fourth-order valence-electron chi connectivity index (χ4n) is 3.52. The highest BCUT2D eigenvalue weighted by molar-refractivity contribution is 6.30. The lowest BCUT2D eigenvalue weighted by Gasteiger charge is -2.33. The third-order valence-corrected chi connectivity index (χ3v) is 5.49. The van der Waals surface area contributed by atoms with Gasteiger partial charge in [0.2, 0.25) is 17.6 Å². The quantitative estimate of drug-likeness (QED) is 0.501. The highest BCUT2D eigenvalue weighted by Gasteiger charge is 2.21. The predicted molar refractivity (Wildman–Crippen MR) is 123 cm³/mol. The first kappa shape index (κ1) is 22.0. The van der Waals surface area contributed by atoms with E-state index in [0.29, 0.717) is 43.0 Å². The van der Waals surface area contributed by atoms with Crippen LogP contribution in [0.3, 0.4) is 0 Å². The van der Waals surface area contributed by atoms with Gasteiger partial charge in [-0.25, -0.2) is 0 Å². The lowest BCUT2D eigenvalue weighted by atomic mass is 10.2. The van der Waals surface area contributed by atoms with Crippen LogP contribution in [-0.2, 0) is 11.3 Å². The SMILES string of the molecule is CCOc1ccccc1/C=C/C(=O)N1CCN(Cc2nc(-c3ccc(Cl)cc3)no2)CC1. The van der Waals surface area contributed by atoms with Crippen LogP contribution >= 0.6 is 11.6 Å². The second kappa shape index (κ2) is 10.4. The smallest absolute Gasteiger partial charge is 0.246 e.